The van der Waals surface area contributed by atoms with Crippen LogP contribution in [-0.2, 0) is 4.74 Å². The summed E-state index contributed by atoms with van der Waals surface area (Å²) >= 11 is 0. The lowest BCUT2D eigenvalue weighted by Crippen LogP contribution is -2.39. The van der Waals surface area contributed by atoms with E-state index in [4.69, 9.17) is 4.74 Å². The van der Waals surface area contributed by atoms with Crippen molar-refractivity contribution in [1.82, 2.24) is 5.32 Å². The van der Waals surface area contributed by atoms with Crippen LogP contribution in [0.3, 0.4) is 0 Å². The van der Waals surface area contributed by atoms with Gasteiger partial charge in [0.15, 0.2) is 0 Å². The van der Waals surface area contributed by atoms with Gasteiger partial charge >= 0.3 is 0 Å². The molecule has 2 nitrogen and oxygen atoms in total. The number of hydrogen-bond acceptors (Lipinski definition) is 2. The van der Waals surface area contributed by atoms with E-state index >= 15 is 0 Å². The van der Waals surface area contributed by atoms with Crippen LogP contribution < -0.4 is 5.32 Å². The van der Waals surface area contributed by atoms with Crippen molar-refractivity contribution in [2.24, 2.45) is 5.92 Å². The second-order valence-electron chi connectivity index (χ2n) is 3.76. The first-order chi connectivity index (χ1) is 5.22. The molecule has 0 aromatic carbocycles. The van der Waals surface area contributed by atoms with Gasteiger partial charge in [-0.25, -0.2) is 0 Å². The van der Waals surface area contributed by atoms with Crippen LogP contribution in [0, 0.1) is 5.92 Å². The Balaban J connectivity index is 1.96. The summed E-state index contributed by atoms with van der Waals surface area (Å²) in [5.41, 5.74) is 0. The Morgan fingerprint density at radius 2 is 2.09 bits per heavy atom. The third kappa shape index (κ3) is 2.80. The Bertz CT molecular complexity index is 108. The molecule has 66 valence electrons. The van der Waals surface area contributed by atoms with Crippen molar-refractivity contribution in [2.45, 2.75) is 38.8 Å². The number of nitrogens with one attached hydrogen (secondary N) is 1. The van der Waals surface area contributed by atoms with Crippen LogP contribution in [0.4, 0.5) is 0 Å². The summed E-state index contributed by atoms with van der Waals surface area (Å²) in [7, 11) is 1.80. The predicted octanol–water partition coefficient (Wildman–Crippen LogP) is 1.41. The highest BCUT2D eigenvalue weighted by atomic mass is 16.5. The lowest BCUT2D eigenvalue weighted by atomic mass is 9.82. The van der Waals surface area contributed by atoms with Crippen LogP contribution in [0.15, 0.2) is 0 Å². The molecule has 1 fully saturated rings. The molecule has 2 heteroatoms. The Morgan fingerprint density at radius 3 is 2.55 bits per heavy atom. The molecule has 0 atom stereocenters. The monoisotopic (exact) mass is 157 g/mol. The molecule has 0 bridgehead atoms. The van der Waals surface area contributed by atoms with Crippen LogP contribution >= 0.6 is 0 Å². The zero-order chi connectivity index (χ0) is 8.27. The summed E-state index contributed by atoms with van der Waals surface area (Å²) in [4.78, 5) is 0. The molecule has 0 aliphatic heterocycles. The molecular formula is C9H19NO. The topological polar surface area (TPSA) is 21.3 Å². The molecule has 11 heavy (non-hydrogen) atoms. The van der Waals surface area contributed by atoms with E-state index in [0.717, 1.165) is 12.5 Å². The molecule has 1 N–H and O–H groups in total. The smallest absolute Gasteiger partial charge is 0.0577 e. The molecule has 1 aliphatic carbocycles. The molecule has 0 spiro atoms. The molecule has 1 aliphatic rings. The molecule has 0 aromatic heterocycles. The largest absolute Gasteiger partial charge is 0.381 e. The van der Waals surface area contributed by atoms with E-state index in [1.54, 1.807) is 7.11 Å². The van der Waals surface area contributed by atoms with Gasteiger partial charge in [-0.15, -0.1) is 0 Å². The zero-order valence-corrected chi connectivity index (χ0v) is 7.76. The molecule has 0 aromatic rings. The standard InChI is InChI=1S/C9H19NO/c1-7(2)10-6-8-4-9(5-8)11-3/h7-10H,4-6H2,1-3H3/t8-,9+. The number of ether oxygens (including phenoxy) is 1. The van der Waals surface area contributed by atoms with Gasteiger partial charge in [-0.05, 0) is 25.3 Å². The van der Waals surface area contributed by atoms with Crippen LogP contribution in [0.25, 0.3) is 0 Å². The van der Waals surface area contributed by atoms with Crippen LogP contribution in [0.2, 0.25) is 0 Å². The van der Waals surface area contributed by atoms with E-state index < -0.39 is 0 Å². The summed E-state index contributed by atoms with van der Waals surface area (Å²) < 4.78 is 5.20. The summed E-state index contributed by atoms with van der Waals surface area (Å²) in [6.07, 6.45) is 3.04. The predicted molar refractivity (Wildman–Crippen MR) is 46.7 cm³/mol. The number of rotatable bonds is 4. The fourth-order valence-corrected chi connectivity index (χ4v) is 1.44. The van der Waals surface area contributed by atoms with Crippen molar-refractivity contribution in [1.29, 1.82) is 0 Å². The van der Waals surface area contributed by atoms with Gasteiger partial charge in [0.25, 0.3) is 0 Å². The van der Waals surface area contributed by atoms with E-state index in [2.05, 4.69) is 19.2 Å². The van der Waals surface area contributed by atoms with Gasteiger partial charge in [-0.2, -0.15) is 0 Å². The summed E-state index contributed by atoms with van der Waals surface area (Å²) in [5, 5.41) is 3.44. The molecule has 0 amide bonds. The van der Waals surface area contributed by atoms with Gasteiger partial charge < -0.3 is 10.1 Å². The van der Waals surface area contributed by atoms with Crippen molar-refractivity contribution in [2.75, 3.05) is 13.7 Å². The fraction of sp³-hybridized carbons (Fsp3) is 1.00. The Morgan fingerprint density at radius 1 is 1.45 bits per heavy atom. The quantitative estimate of drug-likeness (QED) is 0.666. The van der Waals surface area contributed by atoms with Gasteiger partial charge in [0.05, 0.1) is 6.10 Å². The highest BCUT2D eigenvalue weighted by Gasteiger charge is 2.28. The van der Waals surface area contributed by atoms with Crippen molar-refractivity contribution in [3.63, 3.8) is 0 Å². The first-order valence-corrected chi connectivity index (χ1v) is 4.48. The lowest BCUT2D eigenvalue weighted by molar-refractivity contribution is 0.00111. The summed E-state index contributed by atoms with van der Waals surface area (Å²) in [6, 6.07) is 0.622. The van der Waals surface area contributed by atoms with E-state index in [0.29, 0.717) is 12.1 Å². The van der Waals surface area contributed by atoms with Crippen LogP contribution in [0.5, 0.6) is 0 Å². The Labute approximate surface area is 69.3 Å². The average molecular weight is 157 g/mol. The minimum atomic E-state index is 0.550. The second kappa shape index (κ2) is 4.07. The first kappa shape index (κ1) is 9.01. The van der Waals surface area contributed by atoms with Crippen molar-refractivity contribution >= 4 is 0 Å². The van der Waals surface area contributed by atoms with Crippen molar-refractivity contribution in [3.8, 4) is 0 Å². The summed E-state index contributed by atoms with van der Waals surface area (Å²) in [6.45, 7) is 5.54. The maximum absolute atomic E-state index is 5.20. The minimum absolute atomic E-state index is 0.550. The molecule has 0 heterocycles. The van der Waals surface area contributed by atoms with Gasteiger partial charge in [-0.1, -0.05) is 13.8 Å². The van der Waals surface area contributed by atoms with Crippen molar-refractivity contribution in [3.05, 3.63) is 0 Å². The lowest BCUT2D eigenvalue weighted by Gasteiger charge is -2.34. The fourth-order valence-electron chi connectivity index (χ4n) is 1.44. The van der Waals surface area contributed by atoms with E-state index in [9.17, 15) is 0 Å². The Kier molecular flexibility index (Phi) is 3.34. The molecule has 1 rings (SSSR count). The molecule has 1 saturated carbocycles. The Hall–Kier alpha value is -0.0800. The van der Waals surface area contributed by atoms with Gasteiger partial charge in [0.2, 0.25) is 0 Å². The molecular weight excluding hydrogens is 138 g/mol. The van der Waals surface area contributed by atoms with E-state index in [1.807, 2.05) is 0 Å². The van der Waals surface area contributed by atoms with Gasteiger partial charge in [0, 0.05) is 13.2 Å². The number of methoxy groups -OCH3 is 1. The van der Waals surface area contributed by atoms with Crippen LogP contribution in [0.1, 0.15) is 26.7 Å². The van der Waals surface area contributed by atoms with Gasteiger partial charge in [0.1, 0.15) is 0 Å². The van der Waals surface area contributed by atoms with E-state index in [-0.39, 0.29) is 0 Å². The normalized spacial score (nSPS) is 30.5. The first-order valence-electron chi connectivity index (χ1n) is 4.48. The SMILES string of the molecule is CO[C@H]1C[C@@H](CNC(C)C)C1. The summed E-state index contributed by atoms with van der Waals surface area (Å²) in [5.74, 6) is 0.863. The number of hydrogen-bond donors (Lipinski definition) is 1. The van der Waals surface area contributed by atoms with Gasteiger partial charge in [-0.3, -0.25) is 0 Å². The highest BCUT2D eigenvalue weighted by Crippen LogP contribution is 2.28. The maximum Gasteiger partial charge on any atom is 0.0577 e. The molecule has 0 radical (unpaired) electrons. The average Bonchev–Trinajstić information content (AvgIpc) is 1.84. The van der Waals surface area contributed by atoms with Crippen molar-refractivity contribution < 1.29 is 4.74 Å². The third-order valence-electron chi connectivity index (χ3n) is 2.34. The third-order valence-corrected chi connectivity index (χ3v) is 2.34. The highest BCUT2D eigenvalue weighted by molar-refractivity contribution is 4.81. The molecule has 0 unspecified atom stereocenters. The zero-order valence-electron chi connectivity index (χ0n) is 7.76. The minimum Gasteiger partial charge on any atom is -0.381 e. The van der Waals surface area contributed by atoms with E-state index in [1.165, 1.54) is 12.8 Å². The maximum atomic E-state index is 5.20. The van der Waals surface area contributed by atoms with Crippen LogP contribution in [-0.4, -0.2) is 25.8 Å². The molecule has 0 saturated heterocycles. The second-order valence-corrected chi connectivity index (χ2v) is 3.76.